The number of hydrogen-bond acceptors (Lipinski definition) is 0. The van der Waals surface area contributed by atoms with E-state index in [1.807, 2.05) is 0 Å². The Morgan fingerprint density at radius 3 is 1.95 bits per heavy atom. The largest absolute Gasteiger partial charge is 0.130 e. The van der Waals surface area contributed by atoms with E-state index in [0.29, 0.717) is 0 Å². The molecule has 0 aliphatic carbocycles. The molecular weight excluding hydrogens is 280 g/mol. The van der Waals surface area contributed by atoms with Gasteiger partial charge in [-0.1, -0.05) is 77.8 Å². The molecule has 0 aromatic heterocycles. The van der Waals surface area contributed by atoms with Crippen molar-refractivity contribution in [2.45, 2.75) is 33.1 Å². The molecule has 20 heavy (non-hydrogen) atoms. The van der Waals surface area contributed by atoms with Gasteiger partial charge in [-0.05, 0) is 25.3 Å². The minimum atomic E-state index is -1.23. The first-order chi connectivity index (χ1) is 9.74. The summed E-state index contributed by atoms with van der Waals surface area (Å²) >= 11 is 6.26. The van der Waals surface area contributed by atoms with Gasteiger partial charge in [-0.3, -0.25) is 0 Å². The topological polar surface area (TPSA) is 0 Å². The van der Waals surface area contributed by atoms with Gasteiger partial charge in [0.15, 0.2) is 0 Å². The van der Waals surface area contributed by atoms with Gasteiger partial charge in [0.25, 0.3) is 0 Å². The van der Waals surface area contributed by atoms with E-state index in [2.05, 4.69) is 62.4 Å². The van der Waals surface area contributed by atoms with E-state index in [0.717, 1.165) is 5.50 Å². The molecule has 1 unspecified atom stereocenters. The van der Waals surface area contributed by atoms with E-state index in [-0.39, 0.29) is 0 Å². The summed E-state index contributed by atoms with van der Waals surface area (Å²) in [5.74, 6) is 0. The number of halogens is 1. The molecule has 1 atom stereocenters. The van der Waals surface area contributed by atoms with Crippen LogP contribution in [0.2, 0.25) is 0 Å². The molecule has 0 N–H and O–H groups in total. The minimum absolute atomic E-state index is 0.761. The molecule has 2 aromatic carbocycles. The van der Waals surface area contributed by atoms with Crippen LogP contribution in [0.25, 0.3) is 0 Å². The molecule has 106 valence electrons. The lowest BCUT2D eigenvalue weighted by molar-refractivity contribution is 0.795. The average Bonchev–Trinajstić information content (AvgIpc) is 2.49. The highest BCUT2D eigenvalue weighted by molar-refractivity contribution is 6.89. The Labute approximate surface area is 129 Å². The molecule has 0 heterocycles. The van der Waals surface area contributed by atoms with Crippen LogP contribution in [0.4, 0.5) is 0 Å². The van der Waals surface area contributed by atoms with Gasteiger partial charge >= 0.3 is 0 Å². The van der Waals surface area contributed by atoms with E-state index in [9.17, 15) is 0 Å². The van der Waals surface area contributed by atoms with Gasteiger partial charge in [0.2, 0.25) is 0 Å². The Hall–Kier alpha value is -1.05. The number of unbranched alkanes of at least 4 members (excludes halogenated alkanes) is 1. The molecule has 0 amide bonds. The maximum Gasteiger partial charge on any atom is 0.117 e. The fourth-order valence-corrected chi connectivity index (χ4v) is 5.59. The summed E-state index contributed by atoms with van der Waals surface area (Å²) in [5.41, 5.74) is 3.52. The van der Waals surface area contributed by atoms with Crippen molar-refractivity contribution in [2.75, 3.05) is 5.50 Å². The lowest BCUT2D eigenvalue weighted by Crippen LogP contribution is -2.44. The number of aryl methyl sites for hydroxylation is 2. The molecule has 0 saturated carbocycles. The molecule has 0 bridgehead atoms. The first-order valence-corrected chi connectivity index (χ1v) is 9.96. The summed E-state index contributed by atoms with van der Waals surface area (Å²) in [6.45, 7) is 4.37. The lowest BCUT2D eigenvalue weighted by Gasteiger charge is -2.14. The van der Waals surface area contributed by atoms with Crippen molar-refractivity contribution in [2.24, 2.45) is 0 Å². The normalized spacial score (nSPS) is 12.3. The fraction of sp³-hybridized carbons (Fsp3) is 0.333. The lowest BCUT2D eigenvalue weighted by atomic mass is 10.1. The summed E-state index contributed by atoms with van der Waals surface area (Å²) in [6.07, 6.45) is 3.71. The molecule has 0 nitrogen and oxygen atoms in total. The predicted octanol–water partition coefficient (Wildman–Crippen LogP) is 3.46. The summed E-state index contributed by atoms with van der Waals surface area (Å²) in [6, 6.07) is 18.0. The first-order valence-electron chi connectivity index (χ1n) is 7.46. The molecule has 2 aromatic rings. The van der Waals surface area contributed by atoms with Crippen LogP contribution in [0.5, 0.6) is 0 Å². The van der Waals surface area contributed by atoms with Crippen molar-refractivity contribution in [3.63, 3.8) is 0 Å². The molecule has 0 saturated heterocycles. The molecule has 2 rings (SSSR count). The van der Waals surface area contributed by atoms with Gasteiger partial charge in [0, 0.05) is 5.50 Å². The van der Waals surface area contributed by atoms with E-state index >= 15 is 0 Å². The Morgan fingerprint density at radius 1 is 0.900 bits per heavy atom. The highest BCUT2D eigenvalue weighted by atomic mass is 35.5. The third-order valence-corrected chi connectivity index (χ3v) is 7.45. The summed E-state index contributed by atoms with van der Waals surface area (Å²) in [4.78, 5) is 0. The predicted molar refractivity (Wildman–Crippen MR) is 93.4 cm³/mol. The van der Waals surface area contributed by atoms with E-state index in [1.165, 1.54) is 40.8 Å². The molecule has 0 fully saturated rings. The highest BCUT2D eigenvalue weighted by Crippen LogP contribution is 2.05. The monoisotopic (exact) mass is 302 g/mol. The minimum Gasteiger partial charge on any atom is -0.130 e. The Kier molecular flexibility index (Phi) is 5.87. The van der Waals surface area contributed by atoms with Crippen LogP contribution in [0.3, 0.4) is 0 Å². The van der Waals surface area contributed by atoms with Gasteiger partial charge in [-0.25, -0.2) is 0 Å². The summed E-state index contributed by atoms with van der Waals surface area (Å²) < 4.78 is 0. The number of hydrogen-bond donors (Lipinski definition) is 0. The van der Waals surface area contributed by atoms with Crippen LogP contribution in [0, 0.1) is 6.92 Å². The second-order valence-corrected chi connectivity index (χ2v) is 9.14. The maximum absolute atomic E-state index is 6.26. The number of rotatable bonds is 6. The molecule has 2 heteroatoms. The van der Waals surface area contributed by atoms with E-state index < -0.39 is 8.80 Å². The van der Waals surface area contributed by atoms with Gasteiger partial charge in [-0.2, -0.15) is 0 Å². The second kappa shape index (κ2) is 7.66. The van der Waals surface area contributed by atoms with Crippen molar-refractivity contribution in [3.05, 3.63) is 59.7 Å². The maximum atomic E-state index is 6.26. The van der Waals surface area contributed by atoms with Gasteiger partial charge in [0.05, 0.1) is 0 Å². The Morgan fingerprint density at radius 2 is 1.45 bits per heavy atom. The Bertz CT molecular complexity index is 516. The molecule has 0 aliphatic heterocycles. The Balaban J connectivity index is 2.17. The molecule has 0 radical (unpaired) electrons. The quantitative estimate of drug-likeness (QED) is 0.566. The van der Waals surface area contributed by atoms with Crippen molar-refractivity contribution in [1.82, 2.24) is 0 Å². The third kappa shape index (κ3) is 3.97. The van der Waals surface area contributed by atoms with Crippen LogP contribution in [-0.4, -0.2) is 14.3 Å². The van der Waals surface area contributed by atoms with E-state index in [4.69, 9.17) is 11.6 Å². The van der Waals surface area contributed by atoms with Crippen molar-refractivity contribution in [3.8, 4) is 0 Å². The second-order valence-electron chi connectivity index (χ2n) is 5.46. The number of benzene rings is 2. The van der Waals surface area contributed by atoms with Crippen LogP contribution in [-0.2, 0) is 6.42 Å². The SMILES string of the molecule is CCCCc1ccc([SiH](CCl)c2ccc(C)cc2)cc1. The van der Waals surface area contributed by atoms with Crippen LogP contribution >= 0.6 is 11.6 Å². The van der Waals surface area contributed by atoms with Crippen molar-refractivity contribution < 1.29 is 0 Å². The fourth-order valence-electron chi connectivity index (χ4n) is 2.47. The zero-order valence-electron chi connectivity index (χ0n) is 12.4. The van der Waals surface area contributed by atoms with Crippen LogP contribution < -0.4 is 10.4 Å². The molecule has 0 spiro atoms. The average molecular weight is 303 g/mol. The van der Waals surface area contributed by atoms with Gasteiger partial charge in [-0.15, -0.1) is 11.6 Å². The summed E-state index contributed by atoms with van der Waals surface area (Å²) in [5, 5.41) is 2.89. The van der Waals surface area contributed by atoms with Gasteiger partial charge < -0.3 is 0 Å². The molecule has 0 aliphatic rings. The summed E-state index contributed by atoms with van der Waals surface area (Å²) in [7, 11) is -1.23. The molecular formula is C18H23ClSi. The van der Waals surface area contributed by atoms with Crippen LogP contribution in [0.15, 0.2) is 48.5 Å². The smallest absolute Gasteiger partial charge is 0.117 e. The zero-order valence-corrected chi connectivity index (χ0v) is 14.3. The third-order valence-electron chi connectivity index (χ3n) is 3.84. The first kappa shape index (κ1) is 15.3. The standard InChI is InChI=1S/C18H23ClSi/c1-3-4-5-16-8-12-18(13-9-16)20(14-19)17-10-6-15(2)7-11-17/h6-13,20H,3-5,14H2,1-2H3. The van der Waals surface area contributed by atoms with E-state index in [1.54, 1.807) is 0 Å². The highest BCUT2D eigenvalue weighted by Gasteiger charge is 2.14. The van der Waals surface area contributed by atoms with Crippen molar-refractivity contribution in [1.29, 1.82) is 0 Å². The van der Waals surface area contributed by atoms with Gasteiger partial charge in [0.1, 0.15) is 8.80 Å². The zero-order chi connectivity index (χ0) is 14.4. The van der Waals surface area contributed by atoms with Crippen molar-refractivity contribution >= 4 is 30.8 Å². The number of alkyl halides is 1. The van der Waals surface area contributed by atoms with Crippen LogP contribution in [0.1, 0.15) is 30.9 Å².